The summed E-state index contributed by atoms with van der Waals surface area (Å²) < 4.78 is 5.39. The lowest BCUT2D eigenvalue weighted by atomic mass is 9.72. The minimum Gasteiger partial charge on any atom is -0.380 e. The predicted octanol–water partition coefficient (Wildman–Crippen LogP) is 5.82. The summed E-state index contributed by atoms with van der Waals surface area (Å²) in [6, 6.07) is 27.1. The van der Waals surface area contributed by atoms with Crippen LogP contribution in [0.15, 0.2) is 84.9 Å². The van der Waals surface area contributed by atoms with Crippen LogP contribution in [0.25, 0.3) is 10.8 Å². The van der Waals surface area contributed by atoms with Gasteiger partial charge in [-0.2, -0.15) is 0 Å². The van der Waals surface area contributed by atoms with Gasteiger partial charge in [0.15, 0.2) is 0 Å². The van der Waals surface area contributed by atoms with Crippen LogP contribution in [0.3, 0.4) is 0 Å². The minimum atomic E-state index is -0.800. The highest BCUT2D eigenvalue weighted by Gasteiger charge is 2.51. The van der Waals surface area contributed by atoms with Crippen molar-refractivity contribution in [1.29, 1.82) is 0 Å². The number of hydrogen-bond acceptors (Lipinski definition) is 9. The first-order valence-electron chi connectivity index (χ1n) is 20.2. The first-order valence-corrected chi connectivity index (χ1v) is 20.2. The molecule has 1 atom stereocenters. The molecule has 298 valence electrons. The van der Waals surface area contributed by atoms with Crippen molar-refractivity contribution >= 4 is 40.1 Å². The topological polar surface area (TPSA) is 139 Å². The van der Waals surface area contributed by atoms with Crippen LogP contribution in [0, 0.1) is 0 Å². The van der Waals surface area contributed by atoms with Crippen LogP contribution < -0.4 is 16.0 Å². The van der Waals surface area contributed by atoms with E-state index in [2.05, 4.69) is 33.0 Å². The highest BCUT2D eigenvalue weighted by molar-refractivity contribution is 6.26. The molecule has 2 saturated heterocycles. The molecule has 57 heavy (non-hydrogen) atoms. The molecule has 1 unspecified atom stereocenters. The number of hydrogen-bond donors (Lipinski definition) is 3. The summed E-state index contributed by atoms with van der Waals surface area (Å²) in [5, 5.41) is 10.9. The van der Waals surface area contributed by atoms with Gasteiger partial charge in [0.05, 0.1) is 19.6 Å². The van der Waals surface area contributed by atoms with Crippen molar-refractivity contribution in [3.63, 3.8) is 0 Å². The van der Waals surface area contributed by atoms with Crippen molar-refractivity contribution in [3.05, 3.63) is 113 Å². The minimum absolute atomic E-state index is 0.0488. The van der Waals surface area contributed by atoms with Gasteiger partial charge in [0, 0.05) is 85.4 Å². The van der Waals surface area contributed by atoms with Gasteiger partial charge in [-0.25, -0.2) is 9.78 Å². The Bertz CT molecular complexity index is 2090. The van der Waals surface area contributed by atoms with Crippen molar-refractivity contribution in [3.8, 4) is 0 Å². The van der Waals surface area contributed by atoms with E-state index >= 15 is 0 Å². The van der Waals surface area contributed by atoms with E-state index in [0.29, 0.717) is 47.5 Å². The molecule has 1 saturated carbocycles. The number of morpholine rings is 1. The molecule has 4 aliphatic rings. The summed E-state index contributed by atoms with van der Waals surface area (Å²) in [4.78, 5) is 68.6. The molecule has 3 N–H and O–H groups in total. The van der Waals surface area contributed by atoms with Crippen LogP contribution in [-0.4, -0.2) is 97.1 Å². The lowest BCUT2D eigenvalue weighted by Crippen LogP contribution is -2.45. The zero-order chi connectivity index (χ0) is 39.4. The molecule has 1 spiro atoms. The summed E-state index contributed by atoms with van der Waals surface area (Å²) in [7, 11) is 0. The largest absolute Gasteiger partial charge is 0.380 e. The van der Waals surface area contributed by atoms with Crippen molar-refractivity contribution in [2.75, 3.05) is 57.8 Å². The maximum absolute atomic E-state index is 13.6. The van der Waals surface area contributed by atoms with E-state index in [0.717, 1.165) is 75.2 Å². The predicted molar refractivity (Wildman–Crippen MR) is 216 cm³/mol. The number of benzene rings is 4. The molecule has 3 heterocycles. The van der Waals surface area contributed by atoms with Crippen molar-refractivity contribution in [2.24, 2.45) is 0 Å². The van der Waals surface area contributed by atoms with Crippen LogP contribution in [0.1, 0.15) is 93.6 Å². The van der Waals surface area contributed by atoms with Crippen LogP contribution >= 0.6 is 0 Å². The average Bonchev–Trinajstić information content (AvgIpc) is 3.55. The second-order valence-corrected chi connectivity index (χ2v) is 16.1. The highest BCUT2D eigenvalue weighted by atomic mass is 17.2. The maximum atomic E-state index is 13.6. The van der Waals surface area contributed by atoms with Gasteiger partial charge >= 0.3 is 0 Å². The molecule has 12 heteroatoms. The maximum Gasteiger partial charge on any atom is 0.261 e. The van der Waals surface area contributed by atoms with E-state index in [9.17, 15) is 19.2 Å². The second kappa shape index (κ2) is 16.8. The number of nitrogens with one attached hydrogen (secondary N) is 3. The third-order valence-electron chi connectivity index (χ3n) is 12.0. The number of ether oxygens (including phenoxy) is 1. The van der Waals surface area contributed by atoms with E-state index in [-0.39, 0.29) is 43.1 Å². The highest BCUT2D eigenvalue weighted by Crippen LogP contribution is 2.49. The average molecular weight is 774 g/mol. The van der Waals surface area contributed by atoms with Gasteiger partial charge in [-0.1, -0.05) is 54.6 Å². The molecule has 3 fully saturated rings. The van der Waals surface area contributed by atoms with Crippen LogP contribution in [-0.2, 0) is 25.9 Å². The Morgan fingerprint density at radius 1 is 0.789 bits per heavy atom. The molecule has 4 aromatic carbocycles. The smallest absolute Gasteiger partial charge is 0.261 e. The molecular formula is C45H51N5O7. The first-order chi connectivity index (χ1) is 27.7. The molecular weight excluding hydrogens is 723 g/mol. The zero-order valence-corrected chi connectivity index (χ0v) is 32.5. The molecule has 12 nitrogen and oxygen atoms in total. The number of rotatable bonds is 13. The molecule has 4 amide bonds. The van der Waals surface area contributed by atoms with Crippen molar-refractivity contribution < 1.29 is 33.7 Å². The van der Waals surface area contributed by atoms with E-state index < -0.39 is 11.2 Å². The van der Waals surface area contributed by atoms with Crippen LogP contribution in [0.4, 0.5) is 5.69 Å². The summed E-state index contributed by atoms with van der Waals surface area (Å²) in [6.07, 6.45) is 4.12. The molecule has 4 aromatic rings. The Morgan fingerprint density at radius 3 is 2.26 bits per heavy atom. The van der Waals surface area contributed by atoms with Gasteiger partial charge in [-0.05, 0) is 80.0 Å². The fourth-order valence-corrected chi connectivity index (χ4v) is 8.93. The zero-order valence-electron chi connectivity index (χ0n) is 32.5. The van der Waals surface area contributed by atoms with Gasteiger partial charge in [0.2, 0.25) is 5.91 Å². The van der Waals surface area contributed by atoms with E-state index in [1.54, 1.807) is 12.1 Å². The molecule has 0 radical (unpaired) electrons. The lowest BCUT2D eigenvalue weighted by Gasteiger charge is -2.35. The van der Waals surface area contributed by atoms with Gasteiger partial charge in [0.25, 0.3) is 17.7 Å². The fourth-order valence-electron chi connectivity index (χ4n) is 8.93. The Kier molecular flexibility index (Phi) is 11.4. The van der Waals surface area contributed by atoms with Gasteiger partial charge in [0.1, 0.15) is 11.2 Å². The van der Waals surface area contributed by atoms with Crippen molar-refractivity contribution in [1.82, 2.24) is 20.4 Å². The van der Waals surface area contributed by atoms with E-state index in [1.165, 1.54) is 10.5 Å². The van der Waals surface area contributed by atoms with Crippen LogP contribution in [0.2, 0.25) is 0 Å². The van der Waals surface area contributed by atoms with E-state index in [4.69, 9.17) is 14.5 Å². The molecule has 8 rings (SSSR count). The number of anilines is 1. The standard InChI is InChI=1S/C45H51N5O7/c1-44(30-45(57-56-44)18-16-33(17-19-45)32-10-12-34(13-11-32)41(52)47-20-22-49-24-26-55-27-25-49)28-39(51)46-21-23-50-42(53)36-9-5-8-35-38(15-14-37(40(35)36)43(50)54)48-29-31-6-3-2-4-7-31/h2-15,33,48H,16-30H2,1H3,(H,46,51)(H,47,52). The quantitative estimate of drug-likeness (QED) is 0.113. The summed E-state index contributed by atoms with van der Waals surface area (Å²) in [6.45, 7) is 7.39. The number of amides is 4. The first kappa shape index (κ1) is 38.7. The Morgan fingerprint density at radius 2 is 1.51 bits per heavy atom. The lowest BCUT2D eigenvalue weighted by molar-refractivity contribution is -0.351. The number of carbonyl (C=O) groups is 4. The number of carbonyl (C=O) groups excluding carboxylic acids is 4. The Hall–Kier alpha value is -5.14. The molecule has 1 aliphatic carbocycles. The Balaban J connectivity index is 0.792. The summed E-state index contributed by atoms with van der Waals surface area (Å²) in [5.74, 6) is -0.686. The summed E-state index contributed by atoms with van der Waals surface area (Å²) in [5.41, 5.74) is 3.53. The van der Waals surface area contributed by atoms with Crippen LogP contribution in [0.5, 0.6) is 0 Å². The number of imide groups is 1. The Labute approximate surface area is 333 Å². The second-order valence-electron chi connectivity index (χ2n) is 16.1. The number of nitrogens with zero attached hydrogens (tertiary/aromatic N) is 2. The molecule has 3 aliphatic heterocycles. The third kappa shape index (κ3) is 8.59. The van der Waals surface area contributed by atoms with Crippen molar-refractivity contribution in [2.45, 2.75) is 69.1 Å². The fraction of sp³-hybridized carbons (Fsp3) is 0.422. The third-order valence-corrected chi connectivity index (χ3v) is 12.0. The molecule has 0 bridgehead atoms. The van der Waals surface area contributed by atoms with Gasteiger partial charge in [-0.15, -0.1) is 0 Å². The summed E-state index contributed by atoms with van der Waals surface area (Å²) >= 11 is 0. The van der Waals surface area contributed by atoms with E-state index in [1.807, 2.05) is 67.6 Å². The normalized spacial score (nSPS) is 23.5. The SMILES string of the molecule is CC1(CC(=O)NCCN2C(=O)c3cccc4c(NCc5ccccc5)ccc(c34)C2=O)CC2(CCC(c3ccc(C(=O)NCCN4CCOCC4)cc3)CC2)OO1. The van der Waals surface area contributed by atoms with Gasteiger partial charge in [-0.3, -0.25) is 29.0 Å². The monoisotopic (exact) mass is 773 g/mol. The van der Waals surface area contributed by atoms with Gasteiger partial charge < -0.3 is 20.7 Å². The molecule has 0 aromatic heterocycles.